The molecule has 11 nitrogen and oxygen atoms in total. The summed E-state index contributed by atoms with van der Waals surface area (Å²) in [5, 5.41) is 2.84. The van der Waals surface area contributed by atoms with Gasteiger partial charge in [0.2, 0.25) is 5.91 Å². The van der Waals surface area contributed by atoms with Gasteiger partial charge in [0.15, 0.2) is 0 Å². The lowest BCUT2D eigenvalue weighted by Crippen LogP contribution is -2.47. The summed E-state index contributed by atoms with van der Waals surface area (Å²) in [5.74, 6) is 0.770. The van der Waals surface area contributed by atoms with Crippen molar-refractivity contribution in [1.82, 2.24) is 9.80 Å². The largest absolute Gasteiger partial charge is 0.495 e. The Bertz CT molecular complexity index is 1620. The number of piperazine rings is 1. The Labute approximate surface area is 292 Å². The molecule has 0 bridgehead atoms. The Morgan fingerprint density at radius 1 is 0.939 bits per heavy atom. The predicted molar refractivity (Wildman–Crippen MR) is 194 cm³/mol. The Morgan fingerprint density at radius 2 is 1.69 bits per heavy atom. The first-order valence-electron chi connectivity index (χ1n) is 16.8. The normalized spacial score (nSPS) is 13.9. The zero-order valence-corrected chi connectivity index (χ0v) is 29.9. The van der Waals surface area contributed by atoms with Crippen LogP contribution in [0.2, 0.25) is 0 Å². The standard InChI is InChI=1S/C37H49N5O6S/c1-27-14-17-31(33(25-27)48-23-9-5-6-13-35(43)42-21-19-40(2)20-22-42)41(3)37(45)28-15-16-30(32(26-28)47-4)39-36(44)29-11-7-8-12-34(29)49(46)24-10-18-38/h7-8,11-12,14-17,25-26H,5-6,9-10,13,18-24,38H2,1-4H3,(H,39,44). The molecule has 3 amide bonds. The number of nitrogens with one attached hydrogen (secondary N) is 1. The van der Waals surface area contributed by atoms with E-state index in [-0.39, 0.29) is 11.8 Å². The van der Waals surface area contributed by atoms with Crippen molar-refractivity contribution in [2.75, 3.05) is 76.5 Å². The molecule has 0 aliphatic carbocycles. The molecule has 1 aliphatic heterocycles. The molecule has 0 spiro atoms. The highest BCUT2D eigenvalue weighted by Crippen LogP contribution is 2.32. The monoisotopic (exact) mass is 691 g/mol. The number of rotatable bonds is 16. The van der Waals surface area contributed by atoms with Crippen molar-refractivity contribution in [3.05, 3.63) is 77.4 Å². The molecule has 3 aromatic carbocycles. The minimum absolute atomic E-state index is 0.222. The second-order valence-electron chi connectivity index (χ2n) is 12.2. The van der Waals surface area contributed by atoms with Gasteiger partial charge in [-0.05, 0) is 94.2 Å². The number of likely N-dealkylation sites (N-methyl/N-ethyl adjacent to an activating group) is 1. The number of anilines is 2. The first-order valence-corrected chi connectivity index (χ1v) is 18.1. The number of carbonyl (C=O) groups is 3. The van der Waals surface area contributed by atoms with Gasteiger partial charge in [0.05, 0.1) is 46.3 Å². The predicted octanol–water partition coefficient (Wildman–Crippen LogP) is 4.70. The molecule has 264 valence electrons. The van der Waals surface area contributed by atoms with Crippen molar-refractivity contribution in [3.63, 3.8) is 0 Å². The molecule has 0 saturated carbocycles. The van der Waals surface area contributed by atoms with Crippen molar-refractivity contribution in [3.8, 4) is 11.5 Å². The third-order valence-electron chi connectivity index (χ3n) is 8.54. The number of methoxy groups -OCH3 is 1. The molecule has 12 heteroatoms. The number of nitrogens with two attached hydrogens (primary N) is 1. The SMILES string of the molecule is COc1cc(C(=O)N(C)c2ccc(C)cc2OCCCCCC(=O)N2CCN(C)CC2)ccc1NC(=O)c1ccccc1S(=O)CCCN. The molecule has 1 heterocycles. The number of nitrogens with zero attached hydrogens (tertiary/aromatic N) is 3. The Hall–Kier alpha value is -4.26. The molecule has 1 atom stereocenters. The van der Waals surface area contributed by atoms with Crippen LogP contribution in [0.4, 0.5) is 11.4 Å². The van der Waals surface area contributed by atoms with E-state index in [0.29, 0.717) is 70.6 Å². The third-order valence-corrected chi connectivity index (χ3v) is 10.0. The summed E-state index contributed by atoms with van der Waals surface area (Å²) in [6.45, 7) is 6.28. The lowest BCUT2D eigenvalue weighted by Gasteiger charge is -2.32. The average molecular weight is 692 g/mol. The molecular formula is C37H49N5O6S. The van der Waals surface area contributed by atoms with Crippen LogP contribution in [-0.4, -0.2) is 98.0 Å². The Balaban J connectivity index is 1.37. The van der Waals surface area contributed by atoms with Gasteiger partial charge < -0.3 is 35.2 Å². The summed E-state index contributed by atoms with van der Waals surface area (Å²) < 4.78 is 24.5. The Morgan fingerprint density at radius 3 is 2.43 bits per heavy atom. The van der Waals surface area contributed by atoms with Crippen LogP contribution in [0.25, 0.3) is 0 Å². The quantitative estimate of drug-likeness (QED) is 0.207. The van der Waals surface area contributed by atoms with Crippen LogP contribution in [0.15, 0.2) is 65.6 Å². The number of ether oxygens (including phenoxy) is 2. The van der Waals surface area contributed by atoms with E-state index >= 15 is 0 Å². The van der Waals surface area contributed by atoms with Crippen molar-refractivity contribution >= 4 is 39.9 Å². The van der Waals surface area contributed by atoms with E-state index in [1.807, 2.05) is 30.0 Å². The van der Waals surface area contributed by atoms with Crippen molar-refractivity contribution in [2.45, 2.75) is 43.9 Å². The molecule has 1 aliphatic rings. The van der Waals surface area contributed by atoms with Gasteiger partial charge in [-0.25, -0.2) is 0 Å². The van der Waals surface area contributed by atoms with Gasteiger partial charge in [-0.3, -0.25) is 18.6 Å². The fraction of sp³-hybridized carbons (Fsp3) is 0.432. The van der Waals surface area contributed by atoms with E-state index in [9.17, 15) is 18.6 Å². The summed E-state index contributed by atoms with van der Waals surface area (Å²) >= 11 is 0. The molecule has 0 radical (unpaired) electrons. The summed E-state index contributed by atoms with van der Waals surface area (Å²) in [5.41, 5.74) is 8.23. The lowest BCUT2D eigenvalue weighted by atomic mass is 10.1. The maximum Gasteiger partial charge on any atom is 0.258 e. The minimum atomic E-state index is -1.37. The van der Waals surface area contributed by atoms with Gasteiger partial charge in [0.1, 0.15) is 11.5 Å². The van der Waals surface area contributed by atoms with Gasteiger partial charge in [-0.1, -0.05) is 18.2 Å². The van der Waals surface area contributed by atoms with Gasteiger partial charge in [-0.15, -0.1) is 0 Å². The van der Waals surface area contributed by atoms with Crippen LogP contribution in [0, 0.1) is 6.92 Å². The zero-order valence-electron chi connectivity index (χ0n) is 29.0. The summed E-state index contributed by atoms with van der Waals surface area (Å²) in [4.78, 5) is 45.6. The highest BCUT2D eigenvalue weighted by molar-refractivity contribution is 7.85. The zero-order chi connectivity index (χ0) is 35.3. The molecule has 4 rings (SSSR count). The van der Waals surface area contributed by atoms with Crippen molar-refractivity contribution in [2.24, 2.45) is 5.73 Å². The fourth-order valence-electron chi connectivity index (χ4n) is 5.56. The van der Waals surface area contributed by atoms with E-state index in [4.69, 9.17) is 15.2 Å². The molecule has 1 fully saturated rings. The summed E-state index contributed by atoms with van der Waals surface area (Å²) in [6.07, 6.45) is 3.60. The second kappa shape index (κ2) is 18.5. The lowest BCUT2D eigenvalue weighted by molar-refractivity contribution is -0.132. The first-order chi connectivity index (χ1) is 23.6. The first kappa shape index (κ1) is 37.6. The van der Waals surface area contributed by atoms with Crippen molar-refractivity contribution < 1.29 is 28.1 Å². The van der Waals surface area contributed by atoms with Crippen LogP contribution in [0.3, 0.4) is 0 Å². The van der Waals surface area contributed by atoms with Crippen LogP contribution < -0.4 is 25.4 Å². The molecule has 1 saturated heterocycles. The number of amides is 3. The Kier molecular flexibility index (Phi) is 14.2. The van der Waals surface area contributed by atoms with E-state index in [1.165, 1.54) is 12.0 Å². The highest BCUT2D eigenvalue weighted by Gasteiger charge is 2.22. The number of benzene rings is 3. The van der Waals surface area contributed by atoms with Crippen LogP contribution in [0.5, 0.6) is 11.5 Å². The average Bonchev–Trinajstić information content (AvgIpc) is 3.11. The van der Waals surface area contributed by atoms with E-state index in [2.05, 4.69) is 17.3 Å². The molecular weight excluding hydrogens is 643 g/mol. The number of hydrogen-bond donors (Lipinski definition) is 2. The number of unbranched alkanes of at least 4 members (excludes halogenated alkanes) is 2. The number of aryl methyl sites for hydroxylation is 1. The topological polar surface area (TPSA) is 135 Å². The third kappa shape index (κ3) is 10.4. The van der Waals surface area contributed by atoms with Gasteiger partial charge in [0, 0.05) is 51.0 Å². The minimum Gasteiger partial charge on any atom is -0.495 e. The van der Waals surface area contributed by atoms with E-state index < -0.39 is 16.7 Å². The maximum absolute atomic E-state index is 13.7. The van der Waals surface area contributed by atoms with Crippen LogP contribution in [-0.2, 0) is 15.6 Å². The van der Waals surface area contributed by atoms with Crippen molar-refractivity contribution in [1.29, 1.82) is 0 Å². The second-order valence-corrected chi connectivity index (χ2v) is 13.8. The number of carbonyl (C=O) groups excluding carboxylic acids is 3. The van der Waals surface area contributed by atoms with E-state index in [1.54, 1.807) is 49.5 Å². The molecule has 0 aromatic heterocycles. The maximum atomic E-state index is 13.7. The van der Waals surface area contributed by atoms with E-state index in [0.717, 1.165) is 51.0 Å². The van der Waals surface area contributed by atoms with Gasteiger partial charge >= 0.3 is 0 Å². The molecule has 1 unspecified atom stereocenters. The van der Waals surface area contributed by atoms with Gasteiger partial charge in [-0.2, -0.15) is 0 Å². The van der Waals surface area contributed by atoms with Crippen LogP contribution in [0.1, 0.15) is 58.4 Å². The fourth-order valence-corrected chi connectivity index (χ4v) is 6.85. The van der Waals surface area contributed by atoms with Crippen LogP contribution >= 0.6 is 0 Å². The molecule has 3 N–H and O–H groups in total. The number of hydrogen-bond acceptors (Lipinski definition) is 8. The highest BCUT2D eigenvalue weighted by atomic mass is 32.2. The summed E-state index contributed by atoms with van der Waals surface area (Å²) in [7, 11) is 3.86. The molecule has 49 heavy (non-hydrogen) atoms. The smallest absolute Gasteiger partial charge is 0.258 e. The summed E-state index contributed by atoms with van der Waals surface area (Å²) in [6, 6.07) is 17.3. The van der Waals surface area contributed by atoms with Gasteiger partial charge in [0.25, 0.3) is 11.8 Å². The molecule has 3 aromatic rings.